The fourth-order valence-electron chi connectivity index (χ4n) is 2.49. The summed E-state index contributed by atoms with van der Waals surface area (Å²) in [6, 6.07) is 9.63. The summed E-state index contributed by atoms with van der Waals surface area (Å²) in [5, 5.41) is 4.10. The van der Waals surface area contributed by atoms with Crippen molar-refractivity contribution in [2.24, 2.45) is 5.92 Å². The molecule has 124 valence electrons. The second-order valence-electron chi connectivity index (χ2n) is 5.97. The lowest BCUT2D eigenvalue weighted by Gasteiger charge is -2.24. The Morgan fingerprint density at radius 2 is 2.00 bits per heavy atom. The molecular formula is C18H24N2O3. The minimum atomic E-state index is -0.0617. The molecule has 0 radical (unpaired) electrons. The lowest BCUT2D eigenvalue weighted by molar-refractivity contribution is 0.0671. The van der Waals surface area contributed by atoms with E-state index in [0.29, 0.717) is 42.6 Å². The number of aryl methyl sites for hydroxylation is 1. The standard InChI is InChI=1S/C18H24N2O3/c1-13(2)12-20(10-11-22-4)18(21)16-14(3)23-19-17(16)15-8-6-5-7-9-15/h5-9,13H,10-12H2,1-4H3. The van der Waals surface area contributed by atoms with Gasteiger partial charge in [-0.15, -0.1) is 0 Å². The van der Waals surface area contributed by atoms with Crippen molar-refractivity contribution in [3.63, 3.8) is 0 Å². The number of carbonyl (C=O) groups excluding carboxylic acids is 1. The highest BCUT2D eigenvalue weighted by atomic mass is 16.5. The van der Waals surface area contributed by atoms with Gasteiger partial charge in [0.15, 0.2) is 0 Å². The van der Waals surface area contributed by atoms with E-state index in [0.717, 1.165) is 5.56 Å². The number of ether oxygens (including phenoxy) is 1. The minimum Gasteiger partial charge on any atom is -0.383 e. The van der Waals surface area contributed by atoms with Gasteiger partial charge in [0.2, 0.25) is 0 Å². The zero-order chi connectivity index (χ0) is 16.8. The van der Waals surface area contributed by atoms with E-state index in [1.165, 1.54) is 0 Å². The first kappa shape index (κ1) is 17.2. The van der Waals surface area contributed by atoms with Crippen LogP contribution in [0.4, 0.5) is 0 Å². The maximum atomic E-state index is 13.0. The van der Waals surface area contributed by atoms with Crippen LogP contribution in [-0.4, -0.2) is 42.8 Å². The Morgan fingerprint density at radius 1 is 1.30 bits per heavy atom. The quantitative estimate of drug-likeness (QED) is 0.785. The van der Waals surface area contributed by atoms with Gasteiger partial charge >= 0.3 is 0 Å². The lowest BCUT2D eigenvalue weighted by atomic mass is 10.0. The largest absolute Gasteiger partial charge is 0.383 e. The maximum Gasteiger partial charge on any atom is 0.259 e. The van der Waals surface area contributed by atoms with E-state index in [1.807, 2.05) is 30.3 Å². The Bertz CT molecular complexity index is 635. The number of methoxy groups -OCH3 is 1. The van der Waals surface area contributed by atoms with E-state index < -0.39 is 0 Å². The molecule has 0 bridgehead atoms. The van der Waals surface area contributed by atoms with Crippen LogP contribution in [0.1, 0.15) is 30.0 Å². The molecule has 0 aliphatic rings. The number of nitrogens with zero attached hydrogens (tertiary/aromatic N) is 2. The van der Waals surface area contributed by atoms with Gasteiger partial charge in [-0.2, -0.15) is 0 Å². The summed E-state index contributed by atoms with van der Waals surface area (Å²) in [5.41, 5.74) is 2.01. The summed E-state index contributed by atoms with van der Waals surface area (Å²) in [4.78, 5) is 14.8. The van der Waals surface area contributed by atoms with Gasteiger partial charge in [0.05, 0.1) is 6.61 Å². The van der Waals surface area contributed by atoms with Gasteiger partial charge in [-0.1, -0.05) is 49.3 Å². The highest BCUT2D eigenvalue weighted by molar-refractivity contribution is 6.00. The van der Waals surface area contributed by atoms with Crippen molar-refractivity contribution in [3.05, 3.63) is 41.7 Å². The van der Waals surface area contributed by atoms with Gasteiger partial charge in [-0.25, -0.2) is 0 Å². The van der Waals surface area contributed by atoms with Crippen molar-refractivity contribution in [3.8, 4) is 11.3 Å². The van der Waals surface area contributed by atoms with Crippen molar-refractivity contribution in [2.75, 3.05) is 26.8 Å². The Labute approximate surface area is 137 Å². The second kappa shape index (κ2) is 7.92. The van der Waals surface area contributed by atoms with Crippen LogP contribution < -0.4 is 0 Å². The molecule has 0 unspecified atom stereocenters. The fraction of sp³-hybridized carbons (Fsp3) is 0.444. The third kappa shape index (κ3) is 4.20. The molecule has 0 aliphatic carbocycles. The first-order chi connectivity index (χ1) is 11.0. The average Bonchev–Trinajstić information content (AvgIpc) is 2.93. The molecule has 2 aromatic rings. The smallest absolute Gasteiger partial charge is 0.259 e. The predicted octanol–water partition coefficient (Wildman–Crippen LogP) is 3.39. The summed E-state index contributed by atoms with van der Waals surface area (Å²) in [6.45, 7) is 7.67. The molecule has 5 heteroatoms. The highest BCUT2D eigenvalue weighted by Crippen LogP contribution is 2.26. The van der Waals surface area contributed by atoms with E-state index in [9.17, 15) is 4.79 Å². The second-order valence-corrected chi connectivity index (χ2v) is 5.97. The van der Waals surface area contributed by atoms with Gasteiger partial charge in [0, 0.05) is 25.8 Å². The number of hydrogen-bond acceptors (Lipinski definition) is 4. The summed E-state index contributed by atoms with van der Waals surface area (Å²) in [7, 11) is 1.64. The molecule has 1 amide bonds. The molecule has 0 N–H and O–H groups in total. The molecule has 0 saturated heterocycles. The fourth-order valence-corrected chi connectivity index (χ4v) is 2.49. The molecule has 0 fully saturated rings. The summed E-state index contributed by atoms with van der Waals surface area (Å²) in [6.07, 6.45) is 0. The van der Waals surface area contributed by atoms with Crippen molar-refractivity contribution in [1.29, 1.82) is 0 Å². The molecule has 0 aliphatic heterocycles. The molecule has 0 saturated carbocycles. The number of hydrogen-bond donors (Lipinski definition) is 0. The van der Waals surface area contributed by atoms with Crippen molar-refractivity contribution < 1.29 is 14.1 Å². The van der Waals surface area contributed by atoms with Gasteiger partial charge in [0.1, 0.15) is 17.0 Å². The van der Waals surface area contributed by atoms with Crippen molar-refractivity contribution in [1.82, 2.24) is 10.1 Å². The molecule has 1 aromatic heterocycles. The van der Waals surface area contributed by atoms with E-state index in [4.69, 9.17) is 9.26 Å². The Kier molecular flexibility index (Phi) is 5.93. The topological polar surface area (TPSA) is 55.6 Å². The van der Waals surface area contributed by atoms with Crippen LogP contribution in [0.2, 0.25) is 0 Å². The third-order valence-electron chi connectivity index (χ3n) is 3.56. The Balaban J connectivity index is 2.35. The molecule has 0 atom stereocenters. The van der Waals surface area contributed by atoms with Gasteiger partial charge in [-0.05, 0) is 12.8 Å². The Hall–Kier alpha value is -2.14. The summed E-state index contributed by atoms with van der Waals surface area (Å²) in [5.74, 6) is 0.851. The zero-order valence-corrected chi connectivity index (χ0v) is 14.2. The van der Waals surface area contributed by atoms with Crippen molar-refractivity contribution in [2.45, 2.75) is 20.8 Å². The Morgan fingerprint density at radius 3 is 2.61 bits per heavy atom. The predicted molar refractivity (Wildman–Crippen MR) is 89.3 cm³/mol. The minimum absolute atomic E-state index is 0.0617. The van der Waals surface area contributed by atoms with E-state index in [2.05, 4.69) is 19.0 Å². The first-order valence-corrected chi connectivity index (χ1v) is 7.84. The summed E-state index contributed by atoms with van der Waals surface area (Å²) < 4.78 is 10.4. The van der Waals surface area contributed by atoms with Crippen LogP contribution in [0.5, 0.6) is 0 Å². The molecule has 0 spiro atoms. The monoisotopic (exact) mass is 316 g/mol. The molecule has 1 aromatic carbocycles. The van der Waals surface area contributed by atoms with E-state index in [1.54, 1.807) is 18.9 Å². The van der Waals surface area contributed by atoms with Crippen molar-refractivity contribution >= 4 is 5.91 Å². The first-order valence-electron chi connectivity index (χ1n) is 7.84. The highest BCUT2D eigenvalue weighted by Gasteiger charge is 2.26. The van der Waals surface area contributed by atoms with Crippen LogP contribution >= 0.6 is 0 Å². The number of benzene rings is 1. The maximum absolute atomic E-state index is 13.0. The van der Waals surface area contributed by atoms with Gasteiger partial charge < -0.3 is 14.2 Å². The van der Waals surface area contributed by atoms with E-state index >= 15 is 0 Å². The van der Waals surface area contributed by atoms with Crippen LogP contribution in [0.3, 0.4) is 0 Å². The molecule has 23 heavy (non-hydrogen) atoms. The summed E-state index contributed by atoms with van der Waals surface area (Å²) >= 11 is 0. The van der Waals surface area contributed by atoms with Gasteiger partial charge in [0.25, 0.3) is 5.91 Å². The molecule has 1 heterocycles. The lowest BCUT2D eigenvalue weighted by Crippen LogP contribution is -2.37. The number of rotatable bonds is 7. The third-order valence-corrected chi connectivity index (χ3v) is 3.56. The van der Waals surface area contributed by atoms with Crippen LogP contribution in [-0.2, 0) is 4.74 Å². The zero-order valence-electron chi connectivity index (χ0n) is 14.2. The SMILES string of the molecule is COCCN(CC(C)C)C(=O)c1c(-c2ccccc2)noc1C. The molecule has 5 nitrogen and oxygen atoms in total. The number of aromatic nitrogens is 1. The normalized spacial score (nSPS) is 11.0. The molecular weight excluding hydrogens is 292 g/mol. The molecule has 2 rings (SSSR count). The van der Waals surface area contributed by atoms with Crippen LogP contribution in [0.25, 0.3) is 11.3 Å². The van der Waals surface area contributed by atoms with Crippen LogP contribution in [0, 0.1) is 12.8 Å². The van der Waals surface area contributed by atoms with Gasteiger partial charge in [-0.3, -0.25) is 4.79 Å². The number of carbonyl (C=O) groups is 1. The number of amides is 1. The van der Waals surface area contributed by atoms with Crippen LogP contribution in [0.15, 0.2) is 34.9 Å². The average molecular weight is 316 g/mol. The van der Waals surface area contributed by atoms with E-state index in [-0.39, 0.29) is 5.91 Å².